The molecule has 18 heavy (non-hydrogen) atoms. The van der Waals surface area contributed by atoms with Gasteiger partial charge in [-0.15, -0.1) is 0 Å². The highest BCUT2D eigenvalue weighted by Crippen LogP contribution is 2.14. The molecule has 1 aromatic carbocycles. The lowest BCUT2D eigenvalue weighted by atomic mass is 10.1. The number of nitrogens with zero attached hydrogens (tertiary/aromatic N) is 1. The van der Waals surface area contributed by atoms with E-state index in [4.69, 9.17) is 4.74 Å². The van der Waals surface area contributed by atoms with Gasteiger partial charge in [-0.3, -0.25) is 4.90 Å². The Bertz CT molecular complexity index is 324. The minimum absolute atomic E-state index is 0.589. The third-order valence-electron chi connectivity index (χ3n) is 3.33. The van der Waals surface area contributed by atoms with E-state index < -0.39 is 0 Å². The Morgan fingerprint density at radius 2 is 1.94 bits per heavy atom. The highest BCUT2D eigenvalue weighted by molar-refractivity contribution is 5.27. The van der Waals surface area contributed by atoms with Gasteiger partial charge in [0.25, 0.3) is 0 Å². The van der Waals surface area contributed by atoms with Crippen molar-refractivity contribution in [3.63, 3.8) is 0 Å². The van der Waals surface area contributed by atoms with E-state index in [1.807, 2.05) is 12.1 Å². The maximum Gasteiger partial charge on any atom is 0.118 e. The molecule has 1 atom stereocenters. The summed E-state index contributed by atoms with van der Waals surface area (Å²) >= 11 is 0. The molecule has 0 heterocycles. The topological polar surface area (TPSA) is 24.5 Å². The highest BCUT2D eigenvalue weighted by atomic mass is 16.5. The second kappa shape index (κ2) is 8.11. The first-order chi connectivity index (χ1) is 8.67. The predicted octanol–water partition coefficient (Wildman–Crippen LogP) is 2.52. The smallest absolute Gasteiger partial charge is 0.118 e. The Morgan fingerprint density at radius 1 is 1.28 bits per heavy atom. The number of benzene rings is 1. The standard InChI is InChI=1S/C15H26N2O/c1-5-16-11-10-13(2)17(3)12-14-6-8-15(18-4)9-7-14/h6-9,13,16H,5,10-12H2,1-4H3. The molecule has 0 saturated heterocycles. The molecule has 0 saturated carbocycles. The van der Waals surface area contributed by atoms with E-state index in [1.165, 1.54) is 12.0 Å². The fourth-order valence-corrected chi connectivity index (χ4v) is 1.88. The molecule has 0 aliphatic heterocycles. The van der Waals surface area contributed by atoms with Crippen molar-refractivity contribution < 1.29 is 4.74 Å². The molecule has 0 bridgehead atoms. The number of nitrogens with one attached hydrogen (secondary N) is 1. The zero-order chi connectivity index (χ0) is 13.4. The van der Waals surface area contributed by atoms with E-state index in [0.717, 1.165) is 25.4 Å². The van der Waals surface area contributed by atoms with Crippen molar-refractivity contribution in [1.82, 2.24) is 10.2 Å². The van der Waals surface area contributed by atoms with Crippen molar-refractivity contribution in [3.05, 3.63) is 29.8 Å². The molecule has 1 N–H and O–H groups in total. The maximum absolute atomic E-state index is 5.17. The van der Waals surface area contributed by atoms with E-state index in [-0.39, 0.29) is 0 Å². The highest BCUT2D eigenvalue weighted by Gasteiger charge is 2.09. The average molecular weight is 250 g/mol. The van der Waals surface area contributed by atoms with Crippen molar-refractivity contribution in [2.75, 3.05) is 27.2 Å². The molecule has 0 aromatic heterocycles. The van der Waals surface area contributed by atoms with Gasteiger partial charge in [0.15, 0.2) is 0 Å². The van der Waals surface area contributed by atoms with Gasteiger partial charge in [0.05, 0.1) is 7.11 Å². The van der Waals surface area contributed by atoms with Gasteiger partial charge in [0.1, 0.15) is 5.75 Å². The fourth-order valence-electron chi connectivity index (χ4n) is 1.88. The largest absolute Gasteiger partial charge is 0.497 e. The van der Waals surface area contributed by atoms with Crippen LogP contribution in [0, 0.1) is 0 Å². The SMILES string of the molecule is CCNCCC(C)N(C)Cc1ccc(OC)cc1. The Morgan fingerprint density at radius 3 is 2.50 bits per heavy atom. The van der Waals surface area contributed by atoms with E-state index in [9.17, 15) is 0 Å². The van der Waals surface area contributed by atoms with Gasteiger partial charge in [-0.05, 0) is 51.2 Å². The van der Waals surface area contributed by atoms with E-state index in [2.05, 4.69) is 43.2 Å². The summed E-state index contributed by atoms with van der Waals surface area (Å²) in [5.74, 6) is 0.918. The molecule has 1 rings (SSSR count). The Balaban J connectivity index is 2.39. The molecule has 0 fully saturated rings. The molecule has 3 heteroatoms. The summed E-state index contributed by atoms with van der Waals surface area (Å²) in [6, 6.07) is 8.89. The second-order valence-electron chi connectivity index (χ2n) is 4.75. The molecule has 0 aliphatic rings. The van der Waals surface area contributed by atoms with Crippen LogP contribution in [-0.4, -0.2) is 38.2 Å². The molecule has 3 nitrogen and oxygen atoms in total. The van der Waals surface area contributed by atoms with Crippen molar-refractivity contribution in [3.8, 4) is 5.75 Å². The summed E-state index contributed by atoms with van der Waals surface area (Å²) in [7, 11) is 3.88. The van der Waals surface area contributed by atoms with Crippen molar-refractivity contribution >= 4 is 0 Å². The van der Waals surface area contributed by atoms with Crippen LogP contribution >= 0.6 is 0 Å². The molecular weight excluding hydrogens is 224 g/mol. The molecule has 0 spiro atoms. The lowest BCUT2D eigenvalue weighted by Crippen LogP contribution is -2.31. The van der Waals surface area contributed by atoms with Gasteiger partial charge in [-0.1, -0.05) is 19.1 Å². The number of methoxy groups -OCH3 is 1. The number of ether oxygens (including phenoxy) is 1. The number of hydrogen-bond acceptors (Lipinski definition) is 3. The van der Waals surface area contributed by atoms with Gasteiger partial charge < -0.3 is 10.1 Å². The molecule has 0 amide bonds. The van der Waals surface area contributed by atoms with Gasteiger partial charge in [0, 0.05) is 12.6 Å². The first-order valence-corrected chi connectivity index (χ1v) is 6.71. The van der Waals surface area contributed by atoms with Crippen LogP contribution in [0.2, 0.25) is 0 Å². The lowest BCUT2D eigenvalue weighted by Gasteiger charge is -2.25. The van der Waals surface area contributed by atoms with E-state index in [0.29, 0.717) is 6.04 Å². The summed E-state index contributed by atoms with van der Waals surface area (Å²) in [4.78, 5) is 2.39. The molecule has 1 unspecified atom stereocenters. The zero-order valence-corrected chi connectivity index (χ0v) is 12.1. The van der Waals surface area contributed by atoms with Gasteiger partial charge in [0.2, 0.25) is 0 Å². The zero-order valence-electron chi connectivity index (χ0n) is 12.1. The monoisotopic (exact) mass is 250 g/mol. The maximum atomic E-state index is 5.17. The summed E-state index contributed by atoms with van der Waals surface area (Å²) in [5, 5.41) is 3.37. The molecule has 102 valence electrons. The molecule has 0 aliphatic carbocycles. The molecular formula is C15H26N2O. The van der Waals surface area contributed by atoms with Crippen LogP contribution in [0.1, 0.15) is 25.8 Å². The number of rotatable bonds is 8. The van der Waals surface area contributed by atoms with Crippen LogP contribution in [0.25, 0.3) is 0 Å². The van der Waals surface area contributed by atoms with Crippen LogP contribution in [0.4, 0.5) is 0 Å². The quantitative estimate of drug-likeness (QED) is 0.718. The summed E-state index contributed by atoms with van der Waals surface area (Å²) in [6.45, 7) is 7.55. The summed E-state index contributed by atoms with van der Waals surface area (Å²) < 4.78 is 5.17. The van der Waals surface area contributed by atoms with Gasteiger partial charge >= 0.3 is 0 Å². The predicted molar refractivity (Wildman–Crippen MR) is 77.1 cm³/mol. The molecule has 0 radical (unpaired) electrons. The Hall–Kier alpha value is -1.06. The summed E-state index contributed by atoms with van der Waals surface area (Å²) in [5.41, 5.74) is 1.33. The lowest BCUT2D eigenvalue weighted by molar-refractivity contribution is 0.237. The Kier molecular flexibility index (Phi) is 6.76. The third-order valence-corrected chi connectivity index (χ3v) is 3.33. The van der Waals surface area contributed by atoms with E-state index >= 15 is 0 Å². The normalized spacial score (nSPS) is 12.7. The minimum atomic E-state index is 0.589. The minimum Gasteiger partial charge on any atom is -0.497 e. The van der Waals surface area contributed by atoms with Crippen LogP contribution in [0.15, 0.2) is 24.3 Å². The van der Waals surface area contributed by atoms with Gasteiger partial charge in [-0.2, -0.15) is 0 Å². The van der Waals surface area contributed by atoms with Crippen molar-refractivity contribution in [2.24, 2.45) is 0 Å². The van der Waals surface area contributed by atoms with E-state index in [1.54, 1.807) is 7.11 Å². The van der Waals surface area contributed by atoms with Crippen molar-refractivity contribution in [1.29, 1.82) is 0 Å². The van der Waals surface area contributed by atoms with Crippen LogP contribution in [0.3, 0.4) is 0 Å². The summed E-state index contributed by atoms with van der Waals surface area (Å²) in [6.07, 6.45) is 1.18. The average Bonchev–Trinajstić information content (AvgIpc) is 2.39. The molecule has 1 aromatic rings. The van der Waals surface area contributed by atoms with Crippen LogP contribution in [0.5, 0.6) is 5.75 Å². The number of hydrogen-bond donors (Lipinski definition) is 1. The first-order valence-electron chi connectivity index (χ1n) is 6.71. The van der Waals surface area contributed by atoms with Gasteiger partial charge in [-0.25, -0.2) is 0 Å². The first kappa shape index (κ1) is 15.0. The van der Waals surface area contributed by atoms with Crippen LogP contribution in [-0.2, 0) is 6.54 Å². The third kappa shape index (κ3) is 5.07. The second-order valence-corrected chi connectivity index (χ2v) is 4.75. The van der Waals surface area contributed by atoms with Crippen molar-refractivity contribution in [2.45, 2.75) is 32.9 Å². The fraction of sp³-hybridized carbons (Fsp3) is 0.600. The Labute approximate surface area is 111 Å². The van der Waals surface area contributed by atoms with Crippen LogP contribution < -0.4 is 10.1 Å².